The zero-order valence-corrected chi connectivity index (χ0v) is 18.1. The summed E-state index contributed by atoms with van der Waals surface area (Å²) in [5, 5.41) is 7.50. The van der Waals surface area contributed by atoms with Crippen LogP contribution in [-0.2, 0) is 17.1 Å². The van der Waals surface area contributed by atoms with Gasteiger partial charge < -0.3 is 5.32 Å². The maximum Gasteiger partial charge on any atom is 0.269 e. The summed E-state index contributed by atoms with van der Waals surface area (Å²) in [4.78, 5) is 13.1. The summed E-state index contributed by atoms with van der Waals surface area (Å²) < 4.78 is 29.1. The van der Waals surface area contributed by atoms with Crippen molar-refractivity contribution in [3.8, 4) is 0 Å². The Hall–Kier alpha value is -2.19. The van der Waals surface area contributed by atoms with Gasteiger partial charge in [-0.1, -0.05) is 31.5 Å². The molecule has 29 heavy (non-hydrogen) atoms. The van der Waals surface area contributed by atoms with Crippen LogP contribution < -0.4 is 5.32 Å². The Balaban J connectivity index is 1.42. The fraction of sp³-hybridized carbons (Fsp3) is 0.524. The van der Waals surface area contributed by atoms with Gasteiger partial charge in [0.25, 0.3) is 5.91 Å². The number of aryl methyl sites for hydroxylation is 2. The first-order valence-electron chi connectivity index (χ1n) is 10.1. The SMILES string of the molecule is Cc1ccc(S(=O)(=O)N2C[C@H]3C[C@H](NC(=O)c4cc(C(C)C)nn4C)[C@H]3C2)cc1. The molecule has 0 spiro atoms. The average molecular weight is 417 g/mol. The van der Waals surface area contributed by atoms with Crippen molar-refractivity contribution >= 4 is 15.9 Å². The Labute approximate surface area is 172 Å². The van der Waals surface area contributed by atoms with Gasteiger partial charge >= 0.3 is 0 Å². The van der Waals surface area contributed by atoms with Crippen LogP contribution in [0.1, 0.15) is 47.9 Å². The van der Waals surface area contributed by atoms with E-state index in [0.29, 0.717) is 29.6 Å². The molecule has 2 aromatic rings. The van der Waals surface area contributed by atoms with Gasteiger partial charge in [0.1, 0.15) is 5.69 Å². The van der Waals surface area contributed by atoms with Crippen molar-refractivity contribution in [2.45, 2.75) is 44.0 Å². The molecule has 0 radical (unpaired) electrons. The summed E-state index contributed by atoms with van der Waals surface area (Å²) in [5.74, 6) is 0.580. The molecule has 1 aliphatic carbocycles. The quantitative estimate of drug-likeness (QED) is 0.811. The third-order valence-corrected chi connectivity index (χ3v) is 8.08. The second-order valence-electron chi connectivity index (χ2n) is 8.61. The molecule has 1 aromatic heterocycles. The first kappa shape index (κ1) is 20.1. The summed E-state index contributed by atoms with van der Waals surface area (Å²) in [6.07, 6.45) is 0.811. The van der Waals surface area contributed by atoms with E-state index in [2.05, 4.69) is 10.4 Å². The Morgan fingerprint density at radius 1 is 1.21 bits per heavy atom. The number of rotatable bonds is 5. The van der Waals surface area contributed by atoms with Gasteiger partial charge in [-0.25, -0.2) is 8.42 Å². The molecule has 8 heteroatoms. The number of carbonyl (C=O) groups excluding carboxylic acids is 1. The molecular formula is C21H28N4O3S. The smallest absolute Gasteiger partial charge is 0.269 e. The maximum absolute atomic E-state index is 13.0. The van der Waals surface area contributed by atoms with Crippen LogP contribution in [-0.4, -0.2) is 47.5 Å². The van der Waals surface area contributed by atoms with Gasteiger partial charge in [-0.05, 0) is 49.3 Å². The first-order valence-corrected chi connectivity index (χ1v) is 11.5. The van der Waals surface area contributed by atoms with E-state index in [1.54, 1.807) is 28.2 Å². The van der Waals surface area contributed by atoms with Crippen LogP contribution in [0, 0.1) is 18.8 Å². The van der Waals surface area contributed by atoms with E-state index in [1.807, 2.05) is 39.0 Å². The molecule has 1 saturated carbocycles. The number of hydrogen-bond acceptors (Lipinski definition) is 4. The van der Waals surface area contributed by atoms with Gasteiger partial charge in [-0.2, -0.15) is 9.40 Å². The lowest BCUT2D eigenvalue weighted by Crippen LogP contribution is -2.52. The zero-order valence-electron chi connectivity index (χ0n) is 17.3. The molecule has 7 nitrogen and oxygen atoms in total. The highest BCUT2D eigenvalue weighted by atomic mass is 32.2. The molecule has 2 fully saturated rings. The van der Waals surface area contributed by atoms with Crippen LogP contribution in [0.25, 0.3) is 0 Å². The van der Waals surface area contributed by atoms with E-state index in [9.17, 15) is 13.2 Å². The third-order valence-electron chi connectivity index (χ3n) is 6.23. The van der Waals surface area contributed by atoms with Gasteiger partial charge in [0.2, 0.25) is 10.0 Å². The molecule has 1 amide bonds. The summed E-state index contributed by atoms with van der Waals surface area (Å²) in [6, 6.07) is 8.80. The second-order valence-corrected chi connectivity index (χ2v) is 10.5. The molecule has 0 unspecified atom stereocenters. The standard InChI is InChI=1S/C21H28N4O3S/c1-13(2)18-10-20(24(4)23-18)21(26)22-19-9-15-11-25(12-17(15)19)29(27,28)16-7-5-14(3)6-8-16/h5-8,10,13,15,17,19H,9,11-12H2,1-4H3,(H,22,26)/t15-,17+,19+/m1/s1. The summed E-state index contributed by atoms with van der Waals surface area (Å²) in [6.45, 7) is 7.00. The van der Waals surface area contributed by atoms with E-state index >= 15 is 0 Å². The van der Waals surface area contributed by atoms with Gasteiger partial charge in [0.15, 0.2) is 0 Å². The average Bonchev–Trinajstić information content (AvgIpc) is 3.21. The van der Waals surface area contributed by atoms with Crippen LogP contribution in [0.4, 0.5) is 0 Å². The van der Waals surface area contributed by atoms with Crippen LogP contribution in [0.15, 0.2) is 35.2 Å². The first-order chi connectivity index (χ1) is 13.7. The number of sulfonamides is 1. The van der Waals surface area contributed by atoms with Gasteiger partial charge in [0, 0.05) is 26.2 Å². The molecule has 1 N–H and O–H groups in total. The summed E-state index contributed by atoms with van der Waals surface area (Å²) in [5.41, 5.74) is 2.46. The van der Waals surface area contributed by atoms with Crippen molar-refractivity contribution in [1.82, 2.24) is 19.4 Å². The summed E-state index contributed by atoms with van der Waals surface area (Å²) in [7, 11) is -1.72. The Bertz CT molecular complexity index is 1030. The largest absolute Gasteiger partial charge is 0.348 e. The number of nitrogens with zero attached hydrogens (tertiary/aromatic N) is 3. The van der Waals surface area contributed by atoms with E-state index in [-0.39, 0.29) is 23.8 Å². The highest BCUT2D eigenvalue weighted by Crippen LogP contribution is 2.42. The number of carbonyl (C=O) groups is 1. The van der Waals surface area contributed by atoms with Crippen molar-refractivity contribution in [3.05, 3.63) is 47.3 Å². The minimum absolute atomic E-state index is 0.00289. The number of fused-ring (bicyclic) bond motifs is 1. The maximum atomic E-state index is 13.0. The highest BCUT2D eigenvalue weighted by Gasteiger charge is 2.50. The van der Waals surface area contributed by atoms with Gasteiger partial charge in [-0.15, -0.1) is 0 Å². The zero-order chi connectivity index (χ0) is 20.9. The number of amides is 1. The van der Waals surface area contributed by atoms with Crippen molar-refractivity contribution in [3.63, 3.8) is 0 Å². The van der Waals surface area contributed by atoms with Crippen LogP contribution >= 0.6 is 0 Å². The number of benzene rings is 1. The van der Waals surface area contributed by atoms with E-state index in [1.165, 1.54) is 0 Å². The predicted molar refractivity (Wildman–Crippen MR) is 110 cm³/mol. The summed E-state index contributed by atoms with van der Waals surface area (Å²) >= 11 is 0. The molecule has 2 heterocycles. The Morgan fingerprint density at radius 3 is 2.52 bits per heavy atom. The molecule has 0 bridgehead atoms. The van der Waals surface area contributed by atoms with E-state index in [4.69, 9.17) is 0 Å². The van der Waals surface area contributed by atoms with Crippen LogP contribution in [0.2, 0.25) is 0 Å². The Morgan fingerprint density at radius 2 is 1.90 bits per heavy atom. The third kappa shape index (κ3) is 3.59. The molecule has 1 aromatic carbocycles. The predicted octanol–water partition coefficient (Wildman–Crippen LogP) is 2.29. The molecule has 2 aliphatic rings. The number of aromatic nitrogens is 2. The lowest BCUT2D eigenvalue weighted by atomic mass is 9.71. The highest BCUT2D eigenvalue weighted by molar-refractivity contribution is 7.89. The van der Waals surface area contributed by atoms with E-state index in [0.717, 1.165) is 17.7 Å². The van der Waals surface area contributed by atoms with E-state index < -0.39 is 10.0 Å². The van der Waals surface area contributed by atoms with Gasteiger partial charge in [-0.3, -0.25) is 9.48 Å². The fourth-order valence-corrected chi connectivity index (χ4v) is 5.85. The lowest BCUT2D eigenvalue weighted by molar-refractivity contribution is 0.0823. The van der Waals surface area contributed by atoms with Crippen molar-refractivity contribution < 1.29 is 13.2 Å². The minimum atomic E-state index is -3.49. The monoisotopic (exact) mass is 416 g/mol. The Kier molecular flexibility index (Phi) is 5.02. The van der Waals surface area contributed by atoms with Crippen molar-refractivity contribution in [1.29, 1.82) is 0 Å². The molecule has 156 valence electrons. The molecular weight excluding hydrogens is 388 g/mol. The molecule has 1 saturated heterocycles. The second kappa shape index (κ2) is 7.25. The normalized spacial score (nSPS) is 24.4. The topological polar surface area (TPSA) is 84.3 Å². The van der Waals surface area contributed by atoms with Crippen molar-refractivity contribution in [2.24, 2.45) is 18.9 Å². The van der Waals surface area contributed by atoms with Crippen molar-refractivity contribution in [2.75, 3.05) is 13.1 Å². The fourth-order valence-electron chi connectivity index (χ4n) is 4.31. The number of nitrogens with one attached hydrogen (secondary N) is 1. The van der Waals surface area contributed by atoms with Crippen LogP contribution in [0.5, 0.6) is 0 Å². The van der Waals surface area contributed by atoms with Crippen LogP contribution in [0.3, 0.4) is 0 Å². The molecule has 1 aliphatic heterocycles. The van der Waals surface area contributed by atoms with Gasteiger partial charge in [0.05, 0.1) is 10.6 Å². The number of hydrogen-bond donors (Lipinski definition) is 1. The molecule has 3 atom stereocenters. The lowest BCUT2D eigenvalue weighted by Gasteiger charge is -2.39. The molecule has 4 rings (SSSR count). The minimum Gasteiger partial charge on any atom is -0.348 e.